The highest BCUT2D eigenvalue weighted by Gasteiger charge is 2.09. The predicted molar refractivity (Wildman–Crippen MR) is 66.1 cm³/mol. The first-order valence-electron chi connectivity index (χ1n) is 4.63. The number of carbonyl (C=O) groups excluding carboxylic acids is 1. The summed E-state index contributed by atoms with van der Waals surface area (Å²) in [5.74, 6) is -0.358. The van der Waals surface area contributed by atoms with E-state index in [2.05, 4.69) is 12.6 Å². The Morgan fingerprint density at radius 1 is 1.62 bits per heavy atom. The van der Waals surface area contributed by atoms with Crippen molar-refractivity contribution >= 4 is 24.3 Å². The molecule has 0 aromatic heterocycles. The van der Waals surface area contributed by atoms with Crippen LogP contribution < -0.4 is 5.73 Å². The number of nitrogens with two attached hydrogens (primary N) is 1. The van der Waals surface area contributed by atoms with Crippen molar-refractivity contribution in [1.82, 2.24) is 0 Å². The van der Waals surface area contributed by atoms with E-state index < -0.39 is 0 Å². The SMILES string of the molecule is CCOC(=O)c1cc(C)ccc1N.N#CS. The second-order valence-electron chi connectivity index (χ2n) is 2.91. The maximum atomic E-state index is 11.3. The summed E-state index contributed by atoms with van der Waals surface area (Å²) in [6, 6.07) is 5.30. The molecule has 0 aliphatic rings. The fraction of sp³-hybridized carbons (Fsp3) is 0.273. The lowest BCUT2D eigenvalue weighted by Gasteiger charge is -2.05. The molecule has 4 nitrogen and oxygen atoms in total. The maximum Gasteiger partial charge on any atom is 0.340 e. The van der Waals surface area contributed by atoms with Crippen LogP contribution in [0.25, 0.3) is 0 Å². The average Bonchev–Trinajstić information content (AvgIpc) is 2.23. The first-order chi connectivity index (χ1) is 7.56. The fourth-order valence-electron chi connectivity index (χ4n) is 1.06. The van der Waals surface area contributed by atoms with Gasteiger partial charge in [0.1, 0.15) is 5.40 Å². The van der Waals surface area contributed by atoms with E-state index in [1.807, 2.05) is 13.0 Å². The number of esters is 1. The topological polar surface area (TPSA) is 76.1 Å². The van der Waals surface area contributed by atoms with Gasteiger partial charge in [-0.1, -0.05) is 24.3 Å². The monoisotopic (exact) mass is 238 g/mol. The van der Waals surface area contributed by atoms with Crippen LogP contribution in [0.2, 0.25) is 0 Å². The molecule has 2 N–H and O–H groups in total. The average molecular weight is 238 g/mol. The van der Waals surface area contributed by atoms with E-state index in [9.17, 15) is 4.79 Å². The van der Waals surface area contributed by atoms with E-state index in [4.69, 9.17) is 15.7 Å². The summed E-state index contributed by atoms with van der Waals surface area (Å²) in [4.78, 5) is 11.3. The van der Waals surface area contributed by atoms with Crippen molar-refractivity contribution in [2.45, 2.75) is 13.8 Å². The highest BCUT2D eigenvalue weighted by atomic mass is 32.1. The zero-order valence-corrected chi connectivity index (χ0v) is 10.1. The summed E-state index contributed by atoms with van der Waals surface area (Å²) in [5.41, 5.74) is 7.53. The minimum atomic E-state index is -0.358. The largest absolute Gasteiger partial charge is 0.462 e. The molecule has 0 aliphatic heterocycles. The van der Waals surface area contributed by atoms with E-state index in [0.29, 0.717) is 17.9 Å². The Hall–Kier alpha value is -1.67. The highest BCUT2D eigenvalue weighted by molar-refractivity contribution is 7.85. The van der Waals surface area contributed by atoms with E-state index >= 15 is 0 Å². The van der Waals surface area contributed by atoms with Crippen molar-refractivity contribution in [2.24, 2.45) is 0 Å². The van der Waals surface area contributed by atoms with Crippen molar-refractivity contribution in [2.75, 3.05) is 12.3 Å². The molecular formula is C11H14N2O2S. The Balaban J connectivity index is 0.000000673. The molecule has 5 heteroatoms. The molecule has 0 unspecified atom stereocenters. The van der Waals surface area contributed by atoms with Crippen molar-refractivity contribution in [3.05, 3.63) is 29.3 Å². The lowest BCUT2D eigenvalue weighted by molar-refractivity contribution is 0.0527. The normalized spacial score (nSPS) is 8.38. The van der Waals surface area contributed by atoms with E-state index in [1.165, 1.54) is 5.40 Å². The van der Waals surface area contributed by atoms with Gasteiger partial charge in [0.15, 0.2) is 0 Å². The summed E-state index contributed by atoms with van der Waals surface area (Å²) in [7, 11) is 0. The lowest BCUT2D eigenvalue weighted by atomic mass is 10.1. The number of nitrogens with zero attached hydrogens (tertiary/aromatic N) is 1. The van der Waals surface area contributed by atoms with Crippen LogP contribution >= 0.6 is 12.6 Å². The van der Waals surface area contributed by atoms with Crippen LogP contribution in [0.1, 0.15) is 22.8 Å². The molecule has 0 aliphatic carbocycles. The van der Waals surface area contributed by atoms with Crippen LogP contribution in [0.3, 0.4) is 0 Å². The van der Waals surface area contributed by atoms with Gasteiger partial charge in [0.05, 0.1) is 12.2 Å². The second kappa shape index (κ2) is 7.60. The number of hydrogen-bond acceptors (Lipinski definition) is 5. The molecule has 1 aromatic rings. The zero-order chi connectivity index (χ0) is 12.6. The molecule has 1 rings (SSSR count). The number of anilines is 1. The number of hydrogen-bond donors (Lipinski definition) is 2. The number of benzene rings is 1. The standard InChI is InChI=1S/C10H13NO2.CHNS/c1-3-13-10(12)8-6-7(2)4-5-9(8)11;2-1-3/h4-6H,3,11H2,1-2H3;3H. The molecule has 16 heavy (non-hydrogen) atoms. The number of nitrogen functional groups attached to an aromatic ring is 1. The van der Waals surface area contributed by atoms with Crippen molar-refractivity contribution < 1.29 is 9.53 Å². The zero-order valence-electron chi connectivity index (χ0n) is 9.23. The second-order valence-corrected chi connectivity index (χ2v) is 3.11. The number of aryl methyl sites for hydroxylation is 1. The number of ether oxygens (including phenoxy) is 1. The van der Waals surface area contributed by atoms with Gasteiger partial charge in [-0.15, -0.1) is 0 Å². The third-order valence-corrected chi connectivity index (χ3v) is 1.70. The Morgan fingerprint density at radius 2 is 2.19 bits per heavy atom. The Labute approximate surface area is 100 Å². The molecule has 0 bridgehead atoms. The van der Waals surface area contributed by atoms with Crippen LogP contribution in [0.4, 0.5) is 5.69 Å². The van der Waals surface area contributed by atoms with Gasteiger partial charge < -0.3 is 10.5 Å². The van der Waals surface area contributed by atoms with Crippen molar-refractivity contribution in [3.8, 4) is 5.40 Å². The molecule has 86 valence electrons. The van der Waals surface area contributed by atoms with E-state index in [1.54, 1.807) is 19.1 Å². The summed E-state index contributed by atoms with van der Waals surface area (Å²) >= 11 is 3.09. The smallest absolute Gasteiger partial charge is 0.340 e. The summed E-state index contributed by atoms with van der Waals surface area (Å²) in [5, 5.41) is 8.63. The van der Waals surface area contributed by atoms with Gasteiger partial charge >= 0.3 is 5.97 Å². The van der Waals surface area contributed by atoms with Crippen molar-refractivity contribution in [1.29, 1.82) is 5.26 Å². The molecule has 0 saturated heterocycles. The number of thiocyanates is 1. The molecule has 1 aromatic carbocycles. The number of thiol groups is 1. The van der Waals surface area contributed by atoms with Gasteiger partial charge in [-0.2, -0.15) is 5.26 Å². The highest BCUT2D eigenvalue weighted by Crippen LogP contribution is 2.14. The number of rotatable bonds is 2. The van der Waals surface area contributed by atoms with Crippen LogP contribution in [0.5, 0.6) is 0 Å². The summed E-state index contributed by atoms with van der Waals surface area (Å²) in [6.45, 7) is 4.04. The van der Waals surface area contributed by atoms with Crippen LogP contribution in [-0.4, -0.2) is 12.6 Å². The Morgan fingerprint density at radius 3 is 2.69 bits per heavy atom. The van der Waals surface area contributed by atoms with Gasteiger partial charge in [0.2, 0.25) is 0 Å². The number of nitriles is 1. The van der Waals surface area contributed by atoms with Gasteiger partial charge in [0.25, 0.3) is 0 Å². The van der Waals surface area contributed by atoms with Crippen LogP contribution in [0.15, 0.2) is 18.2 Å². The third-order valence-electron chi connectivity index (χ3n) is 1.70. The first kappa shape index (κ1) is 14.3. The summed E-state index contributed by atoms with van der Waals surface area (Å²) < 4.78 is 4.84. The minimum absolute atomic E-state index is 0.358. The Bertz CT molecular complexity index is 399. The Kier molecular flexibility index (Phi) is 6.81. The molecule has 0 fully saturated rings. The fourth-order valence-corrected chi connectivity index (χ4v) is 1.06. The van der Waals surface area contributed by atoms with Crippen LogP contribution in [-0.2, 0) is 4.74 Å². The van der Waals surface area contributed by atoms with E-state index in [0.717, 1.165) is 5.56 Å². The van der Waals surface area contributed by atoms with E-state index in [-0.39, 0.29) is 5.97 Å². The first-order valence-corrected chi connectivity index (χ1v) is 5.08. The maximum absolute atomic E-state index is 11.3. The molecular weight excluding hydrogens is 224 g/mol. The quantitative estimate of drug-likeness (QED) is 0.358. The van der Waals surface area contributed by atoms with Gasteiger partial charge in [-0.25, -0.2) is 4.79 Å². The molecule has 0 spiro atoms. The summed E-state index contributed by atoms with van der Waals surface area (Å²) in [6.07, 6.45) is 0. The molecule has 0 heterocycles. The molecule has 0 radical (unpaired) electrons. The third kappa shape index (κ3) is 4.71. The van der Waals surface area contributed by atoms with Gasteiger partial charge in [-0.05, 0) is 26.0 Å². The van der Waals surface area contributed by atoms with Gasteiger partial charge in [-0.3, -0.25) is 0 Å². The molecule has 0 amide bonds. The lowest BCUT2D eigenvalue weighted by Crippen LogP contribution is -2.08. The van der Waals surface area contributed by atoms with Gasteiger partial charge in [0, 0.05) is 5.69 Å². The minimum Gasteiger partial charge on any atom is -0.462 e. The van der Waals surface area contributed by atoms with Crippen LogP contribution in [0, 0.1) is 17.6 Å². The predicted octanol–water partition coefficient (Wildman–Crippen LogP) is 2.15. The number of carbonyl (C=O) groups is 1. The molecule has 0 atom stereocenters. The van der Waals surface area contributed by atoms with Crippen molar-refractivity contribution in [3.63, 3.8) is 0 Å². The molecule has 0 saturated carbocycles.